The lowest BCUT2D eigenvalue weighted by atomic mass is 10.2. The summed E-state index contributed by atoms with van der Waals surface area (Å²) in [7, 11) is 0. The monoisotopic (exact) mass is 360 g/mol. The van der Waals surface area contributed by atoms with E-state index in [2.05, 4.69) is 4.98 Å². The molecule has 0 saturated carbocycles. The van der Waals surface area contributed by atoms with Crippen LogP contribution in [-0.4, -0.2) is 15.9 Å². The molecule has 2 aromatic heterocycles. The third kappa shape index (κ3) is 4.03. The van der Waals surface area contributed by atoms with Crippen molar-refractivity contribution in [2.75, 3.05) is 0 Å². The van der Waals surface area contributed by atoms with Crippen LogP contribution in [0.3, 0.4) is 0 Å². The number of hydrogen-bond acceptors (Lipinski definition) is 7. The highest BCUT2D eigenvalue weighted by molar-refractivity contribution is 7.14. The molecule has 0 bridgehead atoms. The molecule has 0 unspecified atom stereocenters. The third-order valence-corrected chi connectivity index (χ3v) is 4.82. The van der Waals surface area contributed by atoms with E-state index in [0.29, 0.717) is 11.3 Å². The topological polar surface area (TPSA) is 82.3 Å². The number of aromatic nitrogens is 1. The van der Waals surface area contributed by atoms with E-state index < -0.39 is 4.92 Å². The molecule has 0 atom stereocenters. The fourth-order valence-corrected chi connectivity index (χ4v) is 3.52. The number of nitro benzene ring substituents is 1. The first-order chi connectivity index (χ1) is 11.6. The van der Waals surface area contributed by atoms with Gasteiger partial charge in [0.2, 0.25) is 0 Å². The molecule has 2 heterocycles. The minimum absolute atomic E-state index is 0.00788. The number of thiophene rings is 1. The number of thiazole rings is 1. The van der Waals surface area contributed by atoms with Crippen molar-refractivity contribution in [1.82, 2.24) is 4.98 Å². The van der Waals surface area contributed by atoms with Crippen LogP contribution in [0.4, 0.5) is 5.69 Å². The van der Waals surface area contributed by atoms with E-state index in [0.717, 1.165) is 10.6 Å². The number of ether oxygens (including phenoxy) is 1. The van der Waals surface area contributed by atoms with Crippen LogP contribution in [0, 0.1) is 10.1 Å². The Balaban J connectivity index is 1.53. The predicted octanol–water partition coefficient (Wildman–Crippen LogP) is 4.07. The highest BCUT2D eigenvalue weighted by atomic mass is 32.1. The summed E-state index contributed by atoms with van der Waals surface area (Å²) < 4.78 is 5.19. The van der Waals surface area contributed by atoms with Crippen molar-refractivity contribution in [3.8, 4) is 10.6 Å². The lowest BCUT2D eigenvalue weighted by Crippen LogP contribution is -2.08. The maximum atomic E-state index is 11.9. The molecule has 3 rings (SSSR count). The van der Waals surface area contributed by atoms with Gasteiger partial charge in [-0.1, -0.05) is 0 Å². The van der Waals surface area contributed by atoms with Crippen LogP contribution in [0.2, 0.25) is 0 Å². The van der Waals surface area contributed by atoms with Crippen LogP contribution in [0.15, 0.2) is 46.5 Å². The van der Waals surface area contributed by atoms with Gasteiger partial charge in [0, 0.05) is 28.5 Å². The molecule has 0 N–H and O–H groups in total. The van der Waals surface area contributed by atoms with E-state index >= 15 is 0 Å². The third-order valence-electron chi connectivity index (χ3n) is 3.19. The predicted molar refractivity (Wildman–Crippen MR) is 92.0 cm³/mol. The quantitative estimate of drug-likeness (QED) is 0.376. The number of hydrogen-bond donors (Lipinski definition) is 0. The Morgan fingerprint density at radius 1 is 1.21 bits per heavy atom. The highest BCUT2D eigenvalue weighted by Gasteiger charge is 2.11. The molecule has 8 heteroatoms. The zero-order valence-corrected chi connectivity index (χ0v) is 14.0. The maximum Gasteiger partial charge on any atom is 0.312 e. The van der Waals surface area contributed by atoms with Crippen molar-refractivity contribution in [2.45, 2.75) is 13.0 Å². The summed E-state index contributed by atoms with van der Waals surface area (Å²) in [4.78, 5) is 26.4. The smallest absolute Gasteiger partial charge is 0.312 e. The van der Waals surface area contributed by atoms with Gasteiger partial charge in [0.25, 0.3) is 5.69 Å². The Kier molecular flexibility index (Phi) is 4.97. The molecule has 0 radical (unpaired) electrons. The average Bonchev–Trinajstić information content (AvgIpc) is 3.24. The van der Waals surface area contributed by atoms with Crippen molar-refractivity contribution in [3.63, 3.8) is 0 Å². The number of esters is 1. The second-order valence-electron chi connectivity index (χ2n) is 4.92. The van der Waals surface area contributed by atoms with Gasteiger partial charge >= 0.3 is 5.97 Å². The maximum absolute atomic E-state index is 11.9. The molecule has 3 aromatic rings. The molecule has 0 aliphatic rings. The van der Waals surface area contributed by atoms with Gasteiger partial charge in [-0.15, -0.1) is 11.3 Å². The minimum Gasteiger partial charge on any atom is -0.461 e. The van der Waals surface area contributed by atoms with Crippen LogP contribution in [0.25, 0.3) is 10.6 Å². The number of carbonyl (C=O) groups excluding carboxylic acids is 1. The van der Waals surface area contributed by atoms with Gasteiger partial charge in [-0.3, -0.25) is 14.9 Å². The lowest BCUT2D eigenvalue weighted by molar-refractivity contribution is -0.384. The number of non-ortho nitro benzene ring substituents is 1. The van der Waals surface area contributed by atoms with Gasteiger partial charge in [-0.05, 0) is 29.1 Å². The van der Waals surface area contributed by atoms with Gasteiger partial charge < -0.3 is 4.74 Å². The Hall–Kier alpha value is -2.58. The SMILES string of the molecule is O=C(Cc1csc(-c2ccsc2)n1)OCc1ccc([N+](=O)[O-])cc1. The van der Waals surface area contributed by atoms with Crippen molar-refractivity contribution < 1.29 is 14.5 Å². The summed E-state index contributed by atoms with van der Waals surface area (Å²) >= 11 is 3.09. The first kappa shape index (κ1) is 16.3. The van der Waals surface area contributed by atoms with Crippen LogP contribution in [-0.2, 0) is 22.6 Å². The van der Waals surface area contributed by atoms with Gasteiger partial charge in [-0.25, -0.2) is 4.98 Å². The summed E-state index contributed by atoms with van der Waals surface area (Å²) in [6.45, 7) is 0.0817. The van der Waals surface area contributed by atoms with Crippen LogP contribution in [0.1, 0.15) is 11.3 Å². The van der Waals surface area contributed by atoms with E-state index in [1.54, 1.807) is 23.5 Å². The van der Waals surface area contributed by atoms with E-state index in [9.17, 15) is 14.9 Å². The minimum atomic E-state index is -0.469. The molecule has 0 amide bonds. The summed E-state index contributed by atoms with van der Waals surface area (Å²) in [5.74, 6) is -0.379. The second-order valence-corrected chi connectivity index (χ2v) is 6.56. The number of nitrogens with zero attached hydrogens (tertiary/aromatic N) is 2. The van der Waals surface area contributed by atoms with Crippen LogP contribution >= 0.6 is 22.7 Å². The molecule has 0 spiro atoms. The summed E-state index contributed by atoms with van der Waals surface area (Å²) in [5.41, 5.74) is 2.44. The molecule has 24 heavy (non-hydrogen) atoms. The first-order valence-corrected chi connectivity index (χ1v) is 8.80. The largest absolute Gasteiger partial charge is 0.461 e. The molecule has 1 aromatic carbocycles. The van der Waals surface area contributed by atoms with Gasteiger partial charge in [0.1, 0.15) is 11.6 Å². The lowest BCUT2D eigenvalue weighted by Gasteiger charge is -2.03. The van der Waals surface area contributed by atoms with Gasteiger partial charge in [0.05, 0.1) is 17.0 Å². The summed E-state index contributed by atoms with van der Waals surface area (Å²) in [6.07, 6.45) is 0.105. The fourth-order valence-electron chi connectivity index (χ4n) is 1.98. The molecule has 122 valence electrons. The molecule has 0 aliphatic carbocycles. The zero-order chi connectivity index (χ0) is 16.9. The van der Waals surface area contributed by atoms with Crippen molar-refractivity contribution in [1.29, 1.82) is 0 Å². The number of benzene rings is 1. The van der Waals surface area contributed by atoms with E-state index in [-0.39, 0.29) is 24.7 Å². The van der Waals surface area contributed by atoms with Gasteiger partial charge in [0.15, 0.2) is 0 Å². The number of carbonyl (C=O) groups is 1. The standard InChI is InChI=1S/C16H12N2O4S2/c19-15(22-8-11-1-3-14(4-2-11)18(20)21)7-13-10-24-16(17-13)12-5-6-23-9-12/h1-6,9-10H,7-8H2. The van der Waals surface area contributed by atoms with Crippen LogP contribution in [0.5, 0.6) is 0 Å². The van der Waals surface area contributed by atoms with Gasteiger partial charge in [-0.2, -0.15) is 11.3 Å². The van der Waals surface area contributed by atoms with E-state index in [4.69, 9.17) is 4.74 Å². The van der Waals surface area contributed by atoms with Crippen LogP contribution < -0.4 is 0 Å². The average molecular weight is 360 g/mol. The normalized spacial score (nSPS) is 10.5. The summed E-state index contributed by atoms with van der Waals surface area (Å²) in [5, 5.41) is 17.3. The summed E-state index contributed by atoms with van der Waals surface area (Å²) in [6, 6.07) is 7.90. The Labute approximate surface area is 145 Å². The van der Waals surface area contributed by atoms with E-state index in [1.807, 2.05) is 22.2 Å². The first-order valence-electron chi connectivity index (χ1n) is 6.98. The molecular weight excluding hydrogens is 348 g/mol. The molecule has 0 saturated heterocycles. The molecular formula is C16H12N2O4S2. The Morgan fingerprint density at radius 3 is 2.67 bits per heavy atom. The number of rotatable bonds is 6. The molecule has 0 fully saturated rings. The zero-order valence-electron chi connectivity index (χ0n) is 12.4. The molecule has 6 nitrogen and oxygen atoms in total. The highest BCUT2D eigenvalue weighted by Crippen LogP contribution is 2.25. The Morgan fingerprint density at radius 2 is 2.00 bits per heavy atom. The number of nitro groups is 1. The Bertz CT molecular complexity index is 841. The van der Waals surface area contributed by atoms with Crippen molar-refractivity contribution in [2.24, 2.45) is 0 Å². The van der Waals surface area contributed by atoms with Crippen molar-refractivity contribution in [3.05, 3.63) is 67.8 Å². The van der Waals surface area contributed by atoms with Crippen molar-refractivity contribution >= 4 is 34.3 Å². The second kappa shape index (κ2) is 7.33. The molecule has 0 aliphatic heterocycles. The van der Waals surface area contributed by atoms with E-state index in [1.165, 1.54) is 23.5 Å². The fraction of sp³-hybridized carbons (Fsp3) is 0.125.